The summed E-state index contributed by atoms with van der Waals surface area (Å²) in [6.45, 7) is 2.15. The van der Waals surface area contributed by atoms with Crippen LogP contribution in [0, 0.1) is 15.9 Å². The van der Waals surface area contributed by atoms with Crippen LogP contribution in [-0.4, -0.2) is 17.4 Å². The summed E-state index contributed by atoms with van der Waals surface area (Å²) in [5.41, 5.74) is -0.278. The number of nitro benzene ring substituents is 1. The Kier molecular flexibility index (Phi) is 6.08. The van der Waals surface area contributed by atoms with Gasteiger partial charge in [-0.15, -0.1) is 0 Å². The predicted molar refractivity (Wildman–Crippen MR) is 102 cm³/mol. The average Bonchev–Trinajstić information content (AvgIpc) is 3.18. The highest BCUT2D eigenvalue weighted by Crippen LogP contribution is 2.29. The fraction of sp³-hybridized carbons (Fsp3) is 0.150. The SMILES string of the molecule is CCOc1ccc(NC(=O)c2ccc(COc3ccc(F)cc3)o2)c([N+](=O)[O-])c1. The molecule has 3 rings (SSSR count). The van der Waals surface area contributed by atoms with Gasteiger partial charge in [-0.1, -0.05) is 0 Å². The number of furan rings is 1. The van der Waals surface area contributed by atoms with Crippen LogP contribution in [0.25, 0.3) is 0 Å². The normalized spacial score (nSPS) is 10.4. The number of amides is 1. The molecular formula is C20H17FN2O6. The number of rotatable bonds is 8. The maximum atomic E-state index is 12.9. The predicted octanol–water partition coefficient (Wildman–Crippen LogP) is 4.56. The Bertz CT molecular complexity index is 1020. The van der Waals surface area contributed by atoms with E-state index >= 15 is 0 Å². The third-order valence-corrected chi connectivity index (χ3v) is 3.81. The third-order valence-electron chi connectivity index (χ3n) is 3.81. The standard InChI is InChI=1S/C20H17FN2O6/c1-2-27-15-7-9-17(18(11-15)23(25)26)22-20(24)19-10-8-16(29-19)12-28-14-5-3-13(21)4-6-14/h3-11H,2,12H2,1H3,(H,22,24). The molecule has 2 aromatic carbocycles. The summed E-state index contributed by atoms with van der Waals surface area (Å²) >= 11 is 0. The molecule has 0 unspecified atom stereocenters. The molecule has 0 saturated carbocycles. The molecule has 0 radical (unpaired) electrons. The Hall–Kier alpha value is -3.88. The second-order valence-electron chi connectivity index (χ2n) is 5.83. The lowest BCUT2D eigenvalue weighted by Gasteiger charge is -2.07. The van der Waals surface area contributed by atoms with Gasteiger partial charge < -0.3 is 19.2 Å². The molecule has 0 spiro atoms. The van der Waals surface area contributed by atoms with E-state index in [9.17, 15) is 19.3 Å². The number of anilines is 1. The zero-order chi connectivity index (χ0) is 20.8. The molecule has 0 aliphatic carbocycles. The number of nitrogens with zero attached hydrogens (tertiary/aromatic N) is 1. The lowest BCUT2D eigenvalue weighted by molar-refractivity contribution is -0.384. The maximum Gasteiger partial charge on any atom is 0.296 e. The van der Waals surface area contributed by atoms with Gasteiger partial charge in [0.2, 0.25) is 0 Å². The molecule has 0 aliphatic rings. The molecule has 150 valence electrons. The number of carbonyl (C=O) groups excluding carboxylic acids is 1. The smallest absolute Gasteiger partial charge is 0.296 e. The Labute approximate surface area is 165 Å². The molecule has 9 heteroatoms. The van der Waals surface area contributed by atoms with E-state index in [1.807, 2.05) is 0 Å². The van der Waals surface area contributed by atoms with Crippen LogP contribution in [0.4, 0.5) is 15.8 Å². The molecule has 0 fully saturated rings. The van der Waals surface area contributed by atoms with E-state index in [-0.39, 0.29) is 29.6 Å². The van der Waals surface area contributed by atoms with Crippen molar-refractivity contribution in [3.05, 3.63) is 82.0 Å². The van der Waals surface area contributed by atoms with Crippen LogP contribution >= 0.6 is 0 Å². The van der Waals surface area contributed by atoms with E-state index in [0.717, 1.165) is 0 Å². The number of carbonyl (C=O) groups is 1. The summed E-state index contributed by atoms with van der Waals surface area (Å²) in [5, 5.41) is 13.7. The van der Waals surface area contributed by atoms with Gasteiger partial charge in [-0.25, -0.2) is 4.39 Å². The number of nitro groups is 1. The van der Waals surface area contributed by atoms with Gasteiger partial charge in [0.05, 0.1) is 17.6 Å². The molecule has 0 bridgehead atoms. The minimum atomic E-state index is -0.648. The Balaban J connectivity index is 1.67. The highest BCUT2D eigenvalue weighted by atomic mass is 19.1. The maximum absolute atomic E-state index is 12.9. The van der Waals surface area contributed by atoms with Crippen molar-refractivity contribution >= 4 is 17.3 Å². The van der Waals surface area contributed by atoms with Crippen molar-refractivity contribution < 1.29 is 28.0 Å². The van der Waals surface area contributed by atoms with Gasteiger partial charge in [-0.2, -0.15) is 0 Å². The Morgan fingerprint density at radius 3 is 2.52 bits per heavy atom. The minimum Gasteiger partial charge on any atom is -0.494 e. The Morgan fingerprint density at radius 1 is 1.10 bits per heavy atom. The van der Waals surface area contributed by atoms with Crippen molar-refractivity contribution in [1.29, 1.82) is 0 Å². The molecule has 1 amide bonds. The van der Waals surface area contributed by atoms with Crippen LogP contribution in [0.15, 0.2) is 59.0 Å². The molecule has 29 heavy (non-hydrogen) atoms. The fourth-order valence-electron chi connectivity index (χ4n) is 2.47. The van der Waals surface area contributed by atoms with E-state index in [2.05, 4.69) is 5.32 Å². The van der Waals surface area contributed by atoms with Gasteiger partial charge in [0.1, 0.15) is 35.4 Å². The molecule has 0 atom stereocenters. The van der Waals surface area contributed by atoms with Crippen molar-refractivity contribution in [3.63, 3.8) is 0 Å². The summed E-state index contributed by atoms with van der Waals surface area (Å²) < 4.78 is 29.0. The highest BCUT2D eigenvalue weighted by Gasteiger charge is 2.20. The number of ether oxygens (including phenoxy) is 2. The van der Waals surface area contributed by atoms with E-state index in [0.29, 0.717) is 23.9 Å². The number of nitrogens with one attached hydrogen (secondary N) is 1. The average molecular weight is 400 g/mol. The number of hydrogen-bond donors (Lipinski definition) is 1. The molecule has 0 aliphatic heterocycles. The summed E-state index contributed by atoms with van der Waals surface area (Å²) in [6, 6.07) is 12.6. The van der Waals surface area contributed by atoms with Crippen molar-refractivity contribution in [1.82, 2.24) is 0 Å². The second-order valence-corrected chi connectivity index (χ2v) is 5.83. The summed E-state index contributed by atoms with van der Waals surface area (Å²) in [6.07, 6.45) is 0. The molecular weight excluding hydrogens is 383 g/mol. The van der Waals surface area contributed by atoms with Gasteiger partial charge in [-0.3, -0.25) is 14.9 Å². The topological polar surface area (TPSA) is 104 Å². The van der Waals surface area contributed by atoms with Crippen molar-refractivity contribution in [2.75, 3.05) is 11.9 Å². The van der Waals surface area contributed by atoms with Crippen LogP contribution in [0.3, 0.4) is 0 Å². The van der Waals surface area contributed by atoms with E-state index in [4.69, 9.17) is 13.9 Å². The van der Waals surface area contributed by atoms with Crippen molar-refractivity contribution in [3.8, 4) is 11.5 Å². The number of benzene rings is 2. The van der Waals surface area contributed by atoms with Crippen LogP contribution in [0.5, 0.6) is 11.5 Å². The largest absolute Gasteiger partial charge is 0.494 e. The van der Waals surface area contributed by atoms with E-state index in [1.165, 1.54) is 48.5 Å². The molecule has 1 heterocycles. The molecule has 1 N–H and O–H groups in total. The third kappa shape index (κ3) is 5.10. The highest BCUT2D eigenvalue weighted by molar-refractivity contribution is 6.03. The first kappa shape index (κ1) is 19.9. The summed E-state index contributed by atoms with van der Waals surface area (Å²) in [5.74, 6) is 0.0729. The van der Waals surface area contributed by atoms with Gasteiger partial charge in [-0.05, 0) is 55.5 Å². The zero-order valence-electron chi connectivity index (χ0n) is 15.4. The monoisotopic (exact) mass is 400 g/mol. The first-order chi connectivity index (χ1) is 14.0. The van der Waals surface area contributed by atoms with Crippen LogP contribution in [0.2, 0.25) is 0 Å². The molecule has 8 nitrogen and oxygen atoms in total. The molecule has 0 saturated heterocycles. The molecule has 1 aromatic heterocycles. The number of halogens is 1. The first-order valence-electron chi connectivity index (χ1n) is 8.66. The van der Waals surface area contributed by atoms with Crippen LogP contribution in [-0.2, 0) is 6.61 Å². The summed E-state index contributed by atoms with van der Waals surface area (Å²) in [7, 11) is 0. The van der Waals surface area contributed by atoms with Crippen molar-refractivity contribution in [2.45, 2.75) is 13.5 Å². The first-order valence-corrected chi connectivity index (χ1v) is 8.66. The van der Waals surface area contributed by atoms with Gasteiger partial charge in [0.25, 0.3) is 11.6 Å². The second kappa shape index (κ2) is 8.87. The van der Waals surface area contributed by atoms with Crippen LogP contribution < -0.4 is 14.8 Å². The lowest BCUT2D eigenvalue weighted by atomic mass is 10.2. The van der Waals surface area contributed by atoms with Crippen LogP contribution in [0.1, 0.15) is 23.2 Å². The summed E-state index contributed by atoms with van der Waals surface area (Å²) in [4.78, 5) is 23.1. The van der Waals surface area contributed by atoms with Crippen molar-refractivity contribution in [2.24, 2.45) is 0 Å². The quantitative estimate of drug-likeness (QED) is 0.439. The van der Waals surface area contributed by atoms with Gasteiger partial charge in [0, 0.05) is 0 Å². The number of hydrogen-bond acceptors (Lipinski definition) is 6. The van der Waals surface area contributed by atoms with Gasteiger partial charge >= 0.3 is 0 Å². The van der Waals surface area contributed by atoms with E-state index in [1.54, 1.807) is 13.0 Å². The van der Waals surface area contributed by atoms with Gasteiger partial charge in [0.15, 0.2) is 5.76 Å². The Morgan fingerprint density at radius 2 is 1.83 bits per heavy atom. The zero-order valence-corrected chi connectivity index (χ0v) is 15.4. The fourth-order valence-corrected chi connectivity index (χ4v) is 2.47. The van der Waals surface area contributed by atoms with E-state index < -0.39 is 10.8 Å². The lowest BCUT2D eigenvalue weighted by Crippen LogP contribution is -2.12. The minimum absolute atomic E-state index is 0.0176. The molecule has 3 aromatic rings.